The van der Waals surface area contributed by atoms with Gasteiger partial charge in [0.2, 0.25) is 5.91 Å². The van der Waals surface area contributed by atoms with Crippen LogP contribution in [0.15, 0.2) is 59.2 Å². The summed E-state index contributed by atoms with van der Waals surface area (Å²) in [5.74, 6) is 0.452. The van der Waals surface area contributed by atoms with E-state index in [2.05, 4.69) is 5.32 Å². The molecule has 0 bridgehead atoms. The standard InChI is InChI=1S/C17H19NO3/c1-17(20,12-15-8-5-11-21-15)13-18-16(19)10-9-14-6-3-2-4-7-14/h2-11,20H,12-13H2,1H3,(H,18,19)/b10-9+/t17-/m0/s1. The molecule has 0 spiro atoms. The number of hydrogen-bond donors (Lipinski definition) is 2. The third kappa shape index (κ3) is 5.28. The largest absolute Gasteiger partial charge is 0.469 e. The lowest BCUT2D eigenvalue weighted by atomic mass is 10.0. The maximum atomic E-state index is 11.7. The molecule has 2 rings (SSSR count). The predicted molar refractivity (Wildman–Crippen MR) is 81.5 cm³/mol. The van der Waals surface area contributed by atoms with E-state index in [9.17, 15) is 9.90 Å². The third-order valence-electron chi connectivity index (χ3n) is 3.01. The molecule has 0 fully saturated rings. The van der Waals surface area contributed by atoms with Crippen LogP contribution in [-0.2, 0) is 11.2 Å². The quantitative estimate of drug-likeness (QED) is 0.801. The van der Waals surface area contributed by atoms with E-state index >= 15 is 0 Å². The molecule has 0 aliphatic heterocycles. The summed E-state index contributed by atoms with van der Waals surface area (Å²) in [4.78, 5) is 11.7. The van der Waals surface area contributed by atoms with Crippen LogP contribution in [0.2, 0.25) is 0 Å². The van der Waals surface area contributed by atoms with Gasteiger partial charge in [-0.3, -0.25) is 4.79 Å². The lowest BCUT2D eigenvalue weighted by molar-refractivity contribution is -0.117. The highest BCUT2D eigenvalue weighted by atomic mass is 16.3. The molecule has 1 aromatic carbocycles. The molecule has 1 amide bonds. The van der Waals surface area contributed by atoms with Crippen molar-refractivity contribution in [3.05, 3.63) is 66.1 Å². The molecule has 1 heterocycles. The second-order valence-corrected chi connectivity index (χ2v) is 5.21. The molecule has 21 heavy (non-hydrogen) atoms. The molecule has 1 atom stereocenters. The molecular formula is C17H19NO3. The van der Waals surface area contributed by atoms with Gasteiger partial charge < -0.3 is 14.8 Å². The summed E-state index contributed by atoms with van der Waals surface area (Å²) >= 11 is 0. The van der Waals surface area contributed by atoms with Gasteiger partial charge in [-0.25, -0.2) is 0 Å². The zero-order valence-corrected chi connectivity index (χ0v) is 12.0. The van der Waals surface area contributed by atoms with Gasteiger partial charge in [0.15, 0.2) is 0 Å². The normalized spacial score (nSPS) is 14.0. The van der Waals surface area contributed by atoms with Crippen LogP contribution >= 0.6 is 0 Å². The first-order valence-electron chi connectivity index (χ1n) is 6.81. The Labute approximate surface area is 124 Å². The highest BCUT2D eigenvalue weighted by molar-refractivity contribution is 5.91. The van der Waals surface area contributed by atoms with E-state index in [1.165, 1.54) is 6.08 Å². The molecule has 0 radical (unpaired) electrons. The fourth-order valence-electron chi connectivity index (χ4n) is 1.92. The van der Waals surface area contributed by atoms with E-state index in [1.807, 2.05) is 30.3 Å². The minimum absolute atomic E-state index is 0.158. The Kier molecular flexibility index (Phi) is 4.95. The molecule has 2 aromatic rings. The highest BCUT2D eigenvalue weighted by Gasteiger charge is 2.22. The first-order valence-corrected chi connectivity index (χ1v) is 6.81. The fraction of sp³-hybridized carbons (Fsp3) is 0.235. The molecular weight excluding hydrogens is 266 g/mol. The average Bonchev–Trinajstić information content (AvgIpc) is 2.96. The molecule has 4 heteroatoms. The molecule has 0 aliphatic rings. The Bertz CT molecular complexity index is 586. The number of nitrogens with one attached hydrogen (secondary N) is 1. The van der Waals surface area contributed by atoms with Gasteiger partial charge in [0.1, 0.15) is 5.76 Å². The SMILES string of the molecule is C[C@@](O)(CNC(=O)/C=C/c1ccccc1)Cc1ccco1. The van der Waals surface area contributed by atoms with Crippen molar-refractivity contribution in [2.75, 3.05) is 6.54 Å². The summed E-state index contributed by atoms with van der Waals surface area (Å²) < 4.78 is 5.19. The Morgan fingerprint density at radius 2 is 2.05 bits per heavy atom. The lowest BCUT2D eigenvalue weighted by Gasteiger charge is -2.22. The summed E-state index contributed by atoms with van der Waals surface area (Å²) in [7, 11) is 0. The van der Waals surface area contributed by atoms with E-state index in [0.29, 0.717) is 12.2 Å². The van der Waals surface area contributed by atoms with E-state index in [4.69, 9.17) is 4.42 Å². The van der Waals surface area contributed by atoms with Crippen molar-refractivity contribution in [1.82, 2.24) is 5.32 Å². The molecule has 0 unspecified atom stereocenters. The van der Waals surface area contributed by atoms with Crippen LogP contribution in [0.4, 0.5) is 0 Å². The number of hydrogen-bond acceptors (Lipinski definition) is 3. The smallest absolute Gasteiger partial charge is 0.244 e. The van der Waals surface area contributed by atoms with Gasteiger partial charge in [0.25, 0.3) is 0 Å². The Balaban J connectivity index is 1.81. The molecule has 0 saturated carbocycles. The highest BCUT2D eigenvalue weighted by Crippen LogP contribution is 2.12. The van der Waals surface area contributed by atoms with Crippen molar-refractivity contribution >= 4 is 12.0 Å². The number of rotatable bonds is 6. The molecule has 0 saturated heterocycles. The maximum absolute atomic E-state index is 11.7. The molecule has 110 valence electrons. The first-order chi connectivity index (χ1) is 10.1. The Morgan fingerprint density at radius 3 is 2.71 bits per heavy atom. The summed E-state index contributed by atoms with van der Waals surface area (Å²) in [6, 6.07) is 13.1. The summed E-state index contributed by atoms with van der Waals surface area (Å²) in [5.41, 5.74) is -0.0938. The van der Waals surface area contributed by atoms with Crippen molar-refractivity contribution in [1.29, 1.82) is 0 Å². The van der Waals surface area contributed by atoms with Crippen LogP contribution in [0.3, 0.4) is 0 Å². The zero-order chi connectivity index (χ0) is 15.1. The number of carbonyl (C=O) groups is 1. The number of furan rings is 1. The first kappa shape index (κ1) is 15.1. The van der Waals surface area contributed by atoms with Gasteiger partial charge >= 0.3 is 0 Å². The van der Waals surface area contributed by atoms with E-state index in [1.54, 1.807) is 31.4 Å². The van der Waals surface area contributed by atoms with Gasteiger partial charge in [0.05, 0.1) is 11.9 Å². The van der Waals surface area contributed by atoms with Crippen LogP contribution in [0.25, 0.3) is 6.08 Å². The fourth-order valence-corrected chi connectivity index (χ4v) is 1.92. The molecule has 0 aliphatic carbocycles. The second kappa shape index (κ2) is 6.90. The molecule has 2 N–H and O–H groups in total. The topological polar surface area (TPSA) is 62.5 Å². The van der Waals surface area contributed by atoms with Crippen LogP contribution in [0.1, 0.15) is 18.2 Å². The van der Waals surface area contributed by atoms with Gasteiger partial charge in [-0.05, 0) is 30.7 Å². The third-order valence-corrected chi connectivity index (χ3v) is 3.01. The summed E-state index contributed by atoms with van der Waals surface area (Å²) in [6.07, 6.45) is 5.10. The van der Waals surface area contributed by atoms with E-state index in [0.717, 1.165) is 5.56 Å². The van der Waals surface area contributed by atoms with E-state index < -0.39 is 5.60 Å². The van der Waals surface area contributed by atoms with Crippen LogP contribution in [0, 0.1) is 0 Å². The van der Waals surface area contributed by atoms with Crippen LogP contribution in [0.5, 0.6) is 0 Å². The minimum atomic E-state index is -1.05. The maximum Gasteiger partial charge on any atom is 0.244 e. The van der Waals surface area contributed by atoms with Gasteiger partial charge in [-0.1, -0.05) is 30.3 Å². The average molecular weight is 285 g/mol. The second-order valence-electron chi connectivity index (χ2n) is 5.21. The molecule has 4 nitrogen and oxygen atoms in total. The number of benzene rings is 1. The summed E-state index contributed by atoms with van der Waals surface area (Å²) in [5, 5.41) is 12.9. The minimum Gasteiger partial charge on any atom is -0.469 e. The van der Waals surface area contributed by atoms with Crippen molar-refractivity contribution in [2.45, 2.75) is 18.9 Å². The summed E-state index contributed by atoms with van der Waals surface area (Å²) in [6.45, 7) is 1.82. The number of carbonyl (C=O) groups excluding carboxylic acids is 1. The monoisotopic (exact) mass is 285 g/mol. The number of aliphatic hydroxyl groups is 1. The van der Waals surface area contributed by atoms with Crippen LogP contribution < -0.4 is 5.32 Å². The van der Waals surface area contributed by atoms with E-state index in [-0.39, 0.29) is 12.5 Å². The van der Waals surface area contributed by atoms with Crippen molar-refractivity contribution in [2.24, 2.45) is 0 Å². The van der Waals surface area contributed by atoms with Gasteiger partial charge in [-0.15, -0.1) is 0 Å². The molecule has 1 aromatic heterocycles. The predicted octanol–water partition coefficient (Wildman–Crippen LogP) is 2.40. The zero-order valence-electron chi connectivity index (χ0n) is 12.0. The number of amides is 1. The lowest BCUT2D eigenvalue weighted by Crippen LogP contribution is -2.41. The van der Waals surface area contributed by atoms with Crippen molar-refractivity contribution in [3.8, 4) is 0 Å². The van der Waals surface area contributed by atoms with Crippen molar-refractivity contribution in [3.63, 3.8) is 0 Å². The van der Waals surface area contributed by atoms with Gasteiger partial charge in [-0.2, -0.15) is 0 Å². The Hall–Kier alpha value is -2.33. The van der Waals surface area contributed by atoms with Crippen LogP contribution in [-0.4, -0.2) is 23.2 Å². The van der Waals surface area contributed by atoms with Gasteiger partial charge in [0, 0.05) is 19.0 Å². The van der Waals surface area contributed by atoms with Crippen molar-refractivity contribution < 1.29 is 14.3 Å². The Morgan fingerprint density at radius 1 is 1.29 bits per heavy atom.